The van der Waals surface area contributed by atoms with E-state index in [1.807, 2.05) is 0 Å². The molecule has 0 radical (unpaired) electrons. The Morgan fingerprint density at radius 3 is 2.50 bits per heavy atom. The lowest BCUT2D eigenvalue weighted by Gasteiger charge is -2.32. The van der Waals surface area contributed by atoms with Crippen LogP contribution in [0, 0.1) is 5.92 Å². The molecule has 1 amide bonds. The molecule has 30 heavy (non-hydrogen) atoms. The Morgan fingerprint density at radius 2 is 1.90 bits per heavy atom. The highest BCUT2D eigenvalue weighted by atomic mass is 35.5. The number of para-hydroxylation sites is 1. The van der Waals surface area contributed by atoms with Crippen LogP contribution < -0.4 is 10.2 Å². The fourth-order valence-corrected chi connectivity index (χ4v) is 4.06. The van der Waals surface area contributed by atoms with Crippen LogP contribution in [0.25, 0.3) is 0 Å². The number of aromatic nitrogens is 1. The highest BCUT2D eigenvalue weighted by Crippen LogP contribution is 2.35. The maximum absolute atomic E-state index is 12.8. The molecule has 0 saturated carbocycles. The molecule has 0 aliphatic carbocycles. The number of hydrogen-bond acceptors (Lipinski definition) is 4. The molecule has 0 unspecified atom stereocenters. The van der Waals surface area contributed by atoms with Gasteiger partial charge in [-0.15, -0.1) is 0 Å². The quantitative estimate of drug-likeness (QED) is 0.439. The molecule has 11 heteroatoms. The minimum atomic E-state index is -4.53. The van der Waals surface area contributed by atoms with E-state index in [1.54, 1.807) is 23.1 Å². The van der Waals surface area contributed by atoms with Crippen LogP contribution in [0.4, 0.5) is 33.5 Å². The number of piperidine rings is 1. The number of nitrogens with zero attached hydrogens (tertiary/aromatic N) is 2. The van der Waals surface area contributed by atoms with Gasteiger partial charge in [-0.3, -0.25) is 4.79 Å². The standard InChI is InChI=1S/C19H17ClF5N3OS/c20-13-9-12(19(23,24)25)10-26-16(13)28-7-5-11(6-8-28)17(29)27-14-3-1-2-4-15(14)30-18(21)22/h1-4,9-11,18H,5-8H2,(H,27,29). The number of thioether (sulfide) groups is 1. The summed E-state index contributed by atoms with van der Waals surface area (Å²) in [4.78, 5) is 18.4. The molecule has 1 saturated heterocycles. The monoisotopic (exact) mass is 465 g/mol. The van der Waals surface area contributed by atoms with Gasteiger partial charge in [-0.05, 0) is 31.0 Å². The average Bonchev–Trinajstić information content (AvgIpc) is 2.68. The first kappa shape index (κ1) is 22.6. The summed E-state index contributed by atoms with van der Waals surface area (Å²) < 4.78 is 63.6. The van der Waals surface area contributed by atoms with Crippen molar-refractivity contribution in [3.8, 4) is 0 Å². The molecule has 3 rings (SSSR count). The smallest absolute Gasteiger partial charge is 0.355 e. The third-order valence-corrected chi connectivity index (χ3v) is 5.74. The number of nitrogens with one attached hydrogen (secondary N) is 1. The Labute approximate surface area is 178 Å². The molecule has 1 fully saturated rings. The number of amides is 1. The fourth-order valence-electron chi connectivity index (χ4n) is 3.18. The number of alkyl halides is 5. The van der Waals surface area contributed by atoms with Crippen LogP contribution in [0.1, 0.15) is 18.4 Å². The molecule has 1 aromatic carbocycles. The fraction of sp³-hybridized carbons (Fsp3) is 0.368. The van der Waals surface area contributed by atoms with Gasteiger partial charge in [0.1, 0.15) is 5.82 Å². The van der Waals surface area contributed by atoms with Gasteiger partial charge in [0, 0.05) is 30.1 Å². The van der Waals surface area contributed by atoms with Crippen molar-refractivity contribution in [3.63, 3.8) is 0 Å². The van der Waals surface area contributed by atoms with Gasteiger partial charge in [-0.2, -0.15) is 22.0 Å². The number of carbonyl (C=O) groups is 1. The second-order valence-corrected chi connectivity index (χ2v) is 8.09. The highest BCUT2D eigenvalue weighted by Gasteiger charge is 2.33. The van der Waals surface area contributed by atoms with Crippen LogP contribution >= 0.6 is 23.4 Å². The Balaban J connectivity index is 1.62. The first-order valence-electron chi connectivity index (χ1n) is 8.97. The lowest BCUT2D eigenvalue weighted by atomic mass is 9.95. The summed E-state index contributed by atoms with van der Waals surface area (Å²) in [5, 5.41) is 2.59. The van der Waals surface area contributed by atoms with Crippen LogP contribution in [0.3, 0.4) is 0 Å². The van der Waals surface area contributed by atoms with Crippen LogP contribution in [0.15, 0.2) is 41.4 Å². The predicted octanol–water partition coefficient (Wildman–Crippen LogP) is 5.92. The highest BCUT2D eigenvalue weighted by molar-refractivity contribution is 7.99. The molecule has 0 bridgehead atoms. The summed E-state index contributed by atoms with van der Waals surface area (Å²) in [6.07, 6.45) is -2.94. The van der Waals surface area contributed by atoms with Gasteiger partial charge < -0.3 is 10.2 Å². The van der Waals surface area contributed by atoms with Crippen molar-refractivity contribution in [2.75, 3.05) is 23.3 Å². The molecule has 0 spiro atoms. The van der Waals surface area contributed by atoms with Crippen molar-refractivity contribution in [2.45, 2.75) is 29.7 Å². The Kier molecular flexibility index (Phi) is 7.07. The second-order valence-electron chi connectivity index (χ2n) is 6.65. The summed E-state index contributed by atoms with van der Waals surface area (Å²) in [7, 11) is 0. The molecule has 2 aromatic rings. The molecule has 162 valence electrons. The van der Waals surface area contributed by atoms with Crippen LogP contribution in [-0.2, 0) is 11.0 Å². The van der Waals surface area contributed by atoms with E-state index >= 15 is 0 Å². The topological polar surface area (TPSA) is 45.2 Å². The van der Waals surface area contributed by atoms with E-state index in [0.717, 1.165) is 12.3 Å². The zero-order valence-corrected chi connectivity index (χ0v) is 17.0. The SMILES string of the molecule is O=C(Nc1ccccc1SC(F)F)C1CCN(c2ncc(C(F)(F)F)cc2Cl)CC1. The van der Waals surface area contributed by atoms with Gasteiger partial charge in [0.25, 0.3) is 5.76 Å². The molecule has 4 nitrogen and oxygen atoms in total. The molecule has 1 N–H and O–H groups in total. The zero-order valence-electron chi connectivity index (χ0n) is 15.4. The molecular formula is C19H17ClF5N3OS. The van der Waals surface area contributed by atoms with Gasteiger partial charge >= 0.3 is 6.18 Å². The van der Waals surface area contributed by atoms with Gasteiger partial charge in [-0.1, -0.05) is 35.5 Å². The number of hydrogen-bond donors (Lipinski definition) is 1. The predicted molar refractivity (Wildman–Crippen MR) is 106 cm³/mol. The average molecular weight is 466 g/mol. The number of benzene rings is 1. The van der Waals surface area contributed by atoms with Crippen molar-refractivity contribution in [1.29, 1.82) is 0 Å². The molecular weight excluding hydrogens is 449 g/mol. The summed E-state index contributed by atoms with van der Waals surface area (Å²) >= 11 is 6.34. The van der Waals surface area contributed by atoms with Crippen molar-refractivity contribution in [3.05, 3.63) is 47.1 Å². The molecule has 0 atom stereocenters. The second kappa shape index (κ2) is 9.38. The van der Waals surface area contributed by atoms with Gasteiger partial charge in [0.15, 0.2) is 0 Å². The Morgan fingerprint density at radius 1 is 1.23 bits per heavy atom. The minimum absolute atomic E-state index is 0.106. The van der Waals surface area contributed by atoms with E-state index in [1.165, 1.54) is 6.07 Å². The number of pyridine rings is 1. The lowest BCUT2D eigenvalue weighted by molar-refractivity contribution is -0.137. The van der Waals surface area contributed by atoms with Crippen molar-refractivity contribution in [1.82, 2.24) is 4.98 Å². The first-order chi connectivity index (χ1) is 14.1. The maximum Gasteiger partial charge on any atom is 0.417 e. The largest absolute Gasteiger partial charge is 0.417 e. The number of anilines is 2. The number of halogens is 6. The molecule has 2 heterocycles. The summed E-state index contributed by atoms with van der Waals surface area (Å²) in [5.41, 5.74) is -0.603. The number of carbonyl (C=O) groups excluding carboxylic acids is 1. The van der Waals surface area contributed by atoms with Crippen LogP contribution in [0.2, 0.25) is 5.02 Å². The minimum Gasteiger partial charge on any atom is -0.355 e. The van der Waals surface area contributed by atoms with E-state index in [2.05, 4.69) is 10.3 Å². The van der Waals surface area contributed by atoms with Gasteiger partial charge in [-0.25, -0.2) is 4.98 Å². The van der Waals surface area contributed by atoms with Crippen LogP contribution in [-0.4, -0.2) is 29.7 Å². The van der Waals surface area contributed by atoms with Gasteiger partial charge in [0.05, 0.1) is 16.3 Å². The van der Waals surface area contributed by atoms with Crippen molar-refractivity contribution >= 4 is 40.8 Å². The van der Waals surface area contributed by atoms with Gasteiger partial charge in [0.2, 0.25) is 5.91 Å². The number of rotatable bonds is 5. The Bertz CT molecular complexity index is 904. The van der Waals surface area contributed by atoms with E-state index < -0.39 is 17.5 Å². The van der Waals surface area contributed by atoms with E-state index in [4.69, 9.17) is 11.6 Å². The third-order valence-electron chi connectivity index (χ3n) is 4.68. The molecule has 1 aliphatic heterocycles. The summed E-state index contributed by atoms with van der Waals surface area (Å²) in [6.45, 7) is 0.757. The van der Waals surface area contributed by atoms with E-state index in [0.29, 0.717) is 43.4 Å². The lowest BCUT2D eigenvalue weighted by Crippen LogP contribution is -2.38. The summed E-state index contributed by atoms with van der Waals surface area (Å²) in [5.74, 6) is -3.02. The maximum atomic E-state index is 12.8. The summed E-state index contributed by atoms with van der Waals surface area (Å²) in [6, 6.07) is 7.16. The van der Waals surface area contributed by atoms with Crippen molar-refractivity contribution < 1.29 is 26.7 Å². The normalized spacial score (nSPS) is 15.5. The Hall–Kier alpha value is -2.07. The van der Waals surface area contributed by atoms with Crippen molar-refractivity contribution in [2.24, 2.45) is 5.92 Å². The molecule has 1 aromatic heterocycles. The van der Waals surface area contributed by atoms with Crippen LogP contribution in [0.5, 0.6) is 0 Å². The zero-order chi connectivity index (χ0) is 21.9. The van der Waals surface area contributed by atoms with E-state index in [-0.39, 0.29) is 27.6 Å². The third kappa shape index (κ3) is 5.54. The van der Waals surface area contributed by atoms with E-state index in [9.17, 15) is 26.7 Å². The first-order valence-corrected chi connectivity index (χ1v) is 10.2. The molecule has 1 aliphatic rings.